The van der Waals surface area contributed by atoms with Crippen LogP contribution in [0.2, 0.25) is 0 Å². The Hall–Kier alpha value is -3.70. The highest BCUT2D eigenvalue weighted by Gasteiger charge is 2.29. The smallest absolute Gasteiger partial charge is 0.319 e. The zero-order valence-electron chi connectivity index (χ0n) is 16.8. The summed E-state index contributed by atoms with van der Waals surface area (Å²) in [7, 11) is 3.87. The number of nitriles is 1. The van der Waals surface area contributed by atoms with E-state index in [1.807, 2.05) is 55.6 Å². The highest BCUT2D eigenvalue weighted by atomic mass is 32.1. The Morgan fingerprint density at radius 3 is 2.57 bits per heavy atom. The molecule has 150 valence electrons. The SMILES string of the molecule is CC1=C(c2nc(-c3ccc(C#N)cc3)cs2)C(c2ccc(N(C)C)nc2)NC(=O)N1. The number of nitrogens with one attached hydrogen (secondary N) is 2. The second kappa shape index (κ2) is 7.97. The van der Waals surface area contributed by atoms with Crippen LogP contribution in [-0.4, -0.2) is 30.1 Å². The molecule has 0 saturated carbocycles. The van der Waals surface area contributed by atoms with Crippen LogP contribution in [0.15, 0.2) is 53.7 Å². The molecule has 3 aromatic rings. The molecule has 0 spiro atoms. The van der Waals surface area contributed by atoms with Crippen molar-refractivity contribution >= 4 is 28.8 Å². The first-order valence-electron chi connectivity index (χ1n) is 9.34. The molecule has 0 aliphatic carbocycles. The van der Waals surface area contributed by atoms with E-state index in [9.17, 15) is 4.79 Å². The number of hydrogen-bond acceptors (Lipinski definition) is 6. The van der Waals surface area contributed by atoms with Gasteiger partial charge in [0.15, 0.2) is 0 Å². The molecule has 4 rings (SSSR count). The Bertz CT molecular complexity index is 1160. The van der Waals surface area contributed by atoms with E-state index in [4.69, 9.17) is 10.2 Å². The molecule has 0 radical (unpaired) electrons. The van der Waals surface area contributed by atoms with E-state index in [-0.39, 0.29) is 12.1 Å². The third kappa shape index (κ3) is 3.75. The molecule has 7 nitrogen and oxygen atoms in total. The van der Waals surface area contributed by atoms with Crippen molar-refractivity contribution in [3.8, 4) is 17.3 Å². The van der Waals surface area contributed by atoms with Crippen LogP contribution in [0.3, 0.4) is 0 Å². The van der Waals surface area contributed by atoms with E-state index in [0.29, 0.717) is 5.56 Å². The molecule has 1 aliphatic heterocycles. The molecule has 1 unspecified atom stereocenters. The number of anilines is 1. The number of carbonyl (C=O) groups is 1. The Kier molecular flexibility index (Phi) is 5.21. The lowest BCUT2D eigenvalue weighted by molar-refractivity contribution is 0.240. The topological polar surface area (TPSA) is 93.9 Å². The molecular weight excluding hydrogens is 396 g/mol. The van der Waals surface area contributed by atoms with E-state index in [1.165, 1.54) is 11.3 Å². The molecule has 2 N–H and O–H groups in total. The maximum Gasteiger partial charge on any atom is 0.319 e. The summed E-state index contributed by atoms with van der Waals surface area (Å²) in [6.45, 7) is 1.88. The van der Waals surface area contributed by atoms with Crippen molar-refractivity contribution < 1.29 is 4.79 Å². The van der Waals surface area contributed by atoms with Crippen molar-refractivity contribution in [2.45, 2.75) is 13.0 Å². The maximum atomic E-state index is 12.2. The second-order valence-electron chi connectivity index (χ2n) is 7.14. The predicted octanol–water partition coefficient (Wildman–Crippen LogP) is 3.93. The number of aromatic nitrogens is 2. The van der Waals surface area contributed by atoms with Crippen molar-refractivity contribution in [2.24, 2.45) is 0 Å². The van der Waals surface area contributed by atoms with Gasteiger partial charge in [-0.2, -0.15) is 5.26 Å². The van der Waals surface area contributed by atoms with Gasteiger partial charge in [-0.05, 0) is 30.7 Å². The average molecular weight is 417 g/mol. The highest BCUT2D eigenvalue weighted by Crippen LogP contribution is 2.37. The first kappa shape index (κ1) is 19.6. The molecule has 0 bridgehead atoms. The molecule has 2 amide bonds. The fraction of sp³-hybridized carbons (Fsp3) is 0.182. The number of amides is 2. The number of allylic oxidation sites excluding steroid dienone is 1. The molecule has 2 aromatic heterocycles. The van der Waals surface area contributed by atoms with Gasteiger partial charge in [-0.3, -0.25) is 0 Å². The number of benzene rings is 1. The Morgan fingerprint density at radius 2 is 1.93 bits per heavy atom. The summed E-state index contributed by atoms with van der Waals surface area (Å²) in [4.78, 5) is 23.4. The van der Waals surface area contributed by atoms with Gasteiger partial charge in [0.1, 0.15) is 10.8 Å². The fourth-order valence-electron chi connectivity index (χ4n) is 3.31. The third-order valence-corrected chi connectivity index (χ3v) is 5.75. The summed E-state index contributed by atoms with van der Waals surface area (Å²) >= 11 is 1.52. The molecule has 1 aliphatic rings. The molecule has 8 heteroatoms. The van der Waals surface area contributed by atoms with Crippen LogP contribution in [0.5, 0.6) is 0 Å². The van der Waals surface area contributed by atoms with Crippen LogP contribution in [0, 0.1) is 11.3 Å². The summed E-state index contributed by atoms with van der Waals surface area (Å²) in [5, 5.41) is 17.6. The number of hydrogen-bond donors (Lipinski definition) is 2. The lowest BCUT2D eigenvalue weighted by Crippen LogP contribution is -2.42. The quantitative estimate of drug-likeness (QED) is 0.672. The molecule has 0 fully saturated rings. The standard InChI is InChI=1S/C22H20N6OS/c1-13-19(21-26-17(12-30-21)15-6-4-14(10-23)5-7-15)20(27-22(29)25-13)16-8-9-18(24-11-16)28(2)3/h4-9,11-12,20H,1-3H3,(H2,25,27,29). The van der Waals surface area contributed by atoms with E-state index < -0.39 is 0 Å². The van der Waals surface area contributed by atoms with E-state index in [0.717, 1.165) is 38.9 Å². The molecule has 30 heavy (non-hydrogen) atoms. The van der Waals surface area contributed by atoms with Gasteiger partial charge in [-0.1, -0.05) is 18.2 Å². The maximum absolute atomic E-state index is 12.2. The highest BCUT2D eigenvalue weighted by molar-refractivity contribution is 7.11. The lowest BCUT2D eigenvalue weighted by Gasteiger charge is -2.28. The Morgan fingerprint density at radius 1 is 1.17 bits per heavy atom. The van der Waals surface area contributed by atoms with Gasteiger partial charge in [0, 0.05) is 42.5 Å². The number of nitrogens with zero attached hydrogens (tertiary/aromatic N) is 4. The minimum atomic E-state index is -0.345. The summed E-state index contributed by atoms with van der Waals surface area (Å²) < 4.78 is 0. The number of thiazole rings is 1. The van der Waals surface area contributed by atoms with Crippen LogP contribution >= 0.6 is 11.3 Å². The largest absolute Gasteiger partial charge is 0.363 e. The third-order valence-electron chi connectivity index (χ3n) is 4.88. The van der Waals surface area contributed by atoms with Gasteiger partial charge in [0.25, 0.3) is 0 Å². The molecule has 1 atom stereocenters. The second-order valence-corrected chi connectivity index (χ2v) is 8.00. The van der Waals surface area contributed by atoms with Gasteiger partial charge in [0.05, 0.1) is 23.4 Å². The van der Waals surface area contributed by atoms with Crippen LogP contribution in [-0.2, 0) is 0 Å². The predicted molar refractivity (Wildman–Crippen MR) is 118 cm³/mol. The summed E-state index contributed by atoms with van der Waals surface area (Å²) in [6, 6.07) is 12.8. The van der Waals surface area contributed by atoms with Crippen molar-refractivity contribution in [1.82, 2.24) is 20.6 Å². The number of pyridine rings is 1. The van der Waals surface area contributed by atoms with E-state index >= 15 is 0 Å². The monoisotopic (exact) mass is 416 g/mol. The van der Waals surface area contributed by atoms with Crippen molar-refractivity contribution in [1.29, 1.82) is 5.26 Å². The van der Waals surface area contributed by atoms with Crippen molar-refractivity contribution in [3.05, 3.63) is 69.8 Å². The van der Waals surface area contributed by atoms with Gasteiger partial charge < -0.3 is 15.5 Å². The summed E-state index contributed by atoms with van der Waals surface area (Å²) in [5.41, 5.74) is 4.95. The Balaban J connectivity index is 1.71. The van der Waals surface area contributed by atoms with Crippen LogP contribution in [0.1, 0.15) is 29.1 Å². The van der Waals surface area contributed by atoms with Crippen molar-refractivity contribution in [3.63, 3.8) is 0 Å². The molecule has 3 heterocycles. The minimum absolute atomic E-state index is 0.248. The van der Waals surface area contributed by atoms with Crippen molar-refractivity contribution in [2.75, 3.05) is 19.0 Å². The first-order valence-corrected chi connectivity index (χ1v) is 10.2. The first-order chi connectivity index (χ1) is 14.5. The Labute approximate surface area is 178 Å². The fourth-order valence-corrected chi connectivity index (χ4v) is 4.27. The summed E-state index contributed by atoms with van der Waals surface area (Å²) in [5.74, 6) is 0.846. The van der Waals surface area contributed by atoms with Gasteiger partial charge in [-0.25, -0.2) is 14.8 Å². The average Bonchev–Trinajstić information content (AvgIpc) is 3.23. The number of carbonyl (C=O) groups excluding carboxylic acids is 1. The van der Waals surface area contributed by atoms with E-state index in [2.05, 4.69) is 21.7 Å². The zero-order chi connectivity index (χ0) is 21.3. The van der Waals surface area contributed by atoms with Gasteiger partial charge >= 0.3 is 6.03 Å². The molecule has 1 aromatic carbocycles. The number of rotatable bonds is 4. The normalized spacial score (nSPS) is 15.9. The number of urea groups is 1. The summed E-state index contributed by atoms with van der Waals surface area (Å²) in [6.07, 6.45) is 1.79. The minimum Gasteiger partial charge on any atom is -0.363 e. The van der Waals surface area contributed by atoms with Gasteiger partial charge in [0.2, 0.25) is 0 Å². The molecule has 0 saturated heterocycles. The van der Waals surface area contributed by atoms with Crippen LogP contribution < -0.4 is 15.5 Å². The lowest BCUT2D eigenvalue weighted by atomic mass is 9.97. The van der Waals surface area contributed by atoms with Gasteiger partial charge in [-0.15, -0.1) is 11.3 Å². The van der Waals surface area contributed by atoms with E-state index in [1.54, 1.807) is 18.3 Å². The van der Waals surface area contributed by atoms with Crippen LogP contribution in [0.4, 0.5) is 10.6 Å². The molecular formula is C22H20N6OS. The zero-order valence-corrected chi connectivity index (χ0v) is 17.6. The van der Waals surface area contributed by atoms with Crippen LogP contribution in [0.25, 0.3) is 16.8 Å².